The monoisotopic (exact) mass is 312 g/mol. The number of nitrogens with zero attached hydrogens (tertiary/aromatic N) is 2. The Hall–Kier alpha value is -1.31. The molecule has 2 rings (SSSR count). The molecule has 0 bridgehead atoms. The fourth-order valence-corrected chi connectivity index (χ4v) is 3.55. The lowest BCUT2D eigenvalue weighted by Crippen LogP contribution is -2.28. The van der Waals surface area contributed by atoms with Gasteiger partial charge in [0.2, 0.25) is 10.0 Å². The van der Waals surface area contributed by atoms with E-state index in [1.807, 2.05) is 11.9 Å². The molecule has 1 fully saturated rings. The fraction of sp³-hybridized carbons (Fsp3) is 0.571. The number of nitrogen functional groups attached to an aromatic ring is 1. The second-order valence-corrected chi connectivity index (χ2v) is 7.61. The van der Waals surface area contributed by atoms with Crippen LogP contribution in [-0.4, -0.2) is 54.1 Å². The first-order chi connectivity index (χ1) is 9.83. The number of hydrogen-bond donors (Lipinski definition) is 2. The van der Waals surface area contributed by atoms with Crippen LogP contribution in [0.15, 0.2) is 23.1 Å². The van der Waals surface area contributed by atoms with Crippen LogP contribution in [0.2, 0.25) is 0 Å². The van der Waals surface area contributed by atoms with Crippen molar-refractivity contribution in [3.8, 4) is 0 Å². The molecule has 118 valence electrons. The van der Waals surface area contributed by atoms with Crippen molar-refractivity contribution in [1.82, 2.24) is 9.62 Å². The second-order valence-electron chi connectivity index (χ2n) is 5.73. The number of benzene rings is 1. The number of nitrogens with two attached hydrogens (primary N) is 1. The number of likely N-dealkylation sites (tertiary alicyclic amines) is 1. The summed E-state index contributed by atoms with van der Waals surface area (Å²) in [6.07, 6.45) is 1.16. The minimum Gasteiger partial charge on any atom is -0.397 e. The first kappa shape index (κ1) is 16.1. The third kappa shape index (κ3) is 3.66. The molecule has 0 saturated carbocycles. The molecule has 3 N–H and O–H groups in total. The SMILES string of the molecule is CNS(=O)(=O)c1ccc(N)c(N(C)CC2CCN(C)C2)c1. The second kappa shape index (κ2) is 6.21. The predicted molar refractivity (Wildman–Crippen MR) is 86.0 cm³/mol. The molecule has 0 aromatic heterocycles. The Labute approximate surface area is 127 Å². The highest BCUT2D eigenvalue weighted by Crippen LogP contribution is 2.27. The molecule has 0 spiro atoms. The van der Waals surface area contributed by atoms with Crippen LogP contribution in [0.5, 0.6) is 0 Å². The maximum Gasteiger partial charge on any atom is 0.240 e. The Kier molecular flexibility index (Phi) is 4.75. The Bertz CT molecular complexity index is 603. The van der Waals surface area contributed by atoms with E-state index in [4.69, 9.17) is 5.73 Å². The maximum absolute atomic E-state index is 11.9. The van der Waals surface area contributed by atoms with Gasteiger partial charge < -0.3 is 15.5 Å². The molecule has 1 aromatic rings. The van der Waals surface area contributed by atoms with E-state index in [9.17, 15) is 8.42 Å². The average Bonchev–Trinajstić information content (AvgIpc) is 2.84. The van der Waals surface area contributed by atoms with Crippen molar-refractivity contribution < 1.29 is 8.42 Å². The normalized spacial score (nSPS) is 19.9. The first-order valence-corrected chi connectivity index (χ1v) is 8.54. The quantitative estimate of drug-likeness (QED) is 0.777. The van der Waals surface area contributed by atoms with Gasteiger partial charge in [-0.25, -0.2) is 13.1 Å². The third-order valence-corrected chi connectivity index (χ3v) is 5.43. The number of hydrogen-bond acceptors (Lipinski definition) is 5. The van der Waals surface area contributed by atoms with E-state index >= 15 is 0 Å². The lowest BCUT2D eigenvalue weighted by molar-refractivity contribution is 0.396. The summed E-state index contributed by atoms with van der Waals surface area (Å²) in [7, 11) is 2.04. The molecule has 1 atom stereocenters. The standard InChI is InChI=1S/C14H24N4O2S/c1-16-21(19,20)12-4-5-13(15)14(8-12)18(3)10-11-6-7-17(2)9-11/h4-5,8,11,16H,6-7,9-10,15H2,1-3H3. The lowest BCUT2D eigenvalue weighted by Gasteiger charge is -2.25. The Morgan fingerprint density at radius 1 is 1.48 bits per heavy atom. The van der Waals surface area contributed by atoms with Gasteiger partial charge in [0.05, 0.1) is 16.3 Å². The van der Waals surface area contributed by atoms with E-state index in [1.165, 1.54) is 13.1 Å². The molecule has 7 heteroatoms. The summed E-state index contributed by atoms with van der Waals surface area (Å²) >= 11 is 0. The van der Waals surface area contributed by atoms with E-state index in [0.29, 0.717) is 11.6 Å². The number of anilines is 2. The first-order valence-electron chi connectivity index (χ1n) is 7.06. The van der Waals surface area contributed by atoms with Crippen LogP contribution in [-0.2, 0) is 10.0 Å². The topological polar surface area (TPSA) is 78.7 Å². The summed E-state index contributed by atoms with van der Waals surface area (Å²) in [4.78, 5) is 4.60. The van der Waals surface area contributed by atoms with Crippen LogP contribution < -0.4 is 15.4 Å². The third-order valence-electron chi connectivity index (χ3n) is 4.01. The van der Waals surface area contributed by atoms with Gasteiger partial charge in [0.25, 0.3) is 0 Å². The van der Waals surface area contributed by atoms with Crippen molar-refractivity contribution in [3.63, 3.8) is 0 Å². The van der Waals surface area contributed by atoms with E-state index < -0.39 is 10.0 Å². The summed E-state index contributed by atoms with van der Waals surface area (Å²) in [6.45, 7) is 3.05. The van der Waals surface area contributed by atoms with E-state index in [0.717, 1.165) is 31.7 Å². The summed E-state index contributed by atoms with van der Waals surface area (Å²) in [6, 6.07) is 4.82. The average molecular weight is 312 g/mol. The fourth-order valence-electron chi connectivity index (χ4n) is 2.80. The van der Waals surface area contributed by atoms with Crippen molar-refractivity contribution in [2.45, 2.75) is 11.3 Å². The zero-order chi connectivity index (χ0) is 15.6. The van der Waals surface area contributed by atoms with Crippen molar-refractivity contribution in [1.29, 1.82) is 0 Å². The van der Waals surface area contributed by atoms with Crippen molar-refractivity contribution in [3.05, 3.63) is 18.2 Å². The number of sulfonamides is 1. The summed E-state index contributed by atoms with van der Waals surface area (Å²) in [5.41, 5.74) is 7.37. The molecule has 0 aliphatic carbocycles. The smallest absolute Gasteiger partial charge is 0.240 e. The molecule has 6 nitrogen and oxygen atoms in total. The van der Waals surface area contributed by atoms with E-state index in [1.54, 1.807) is 12.1 Å². The molecule has 0 amide bonds. The van der Waals surface area contributed by atoms with Crippen LogP contribution in [0.1, 0.15) is 6.42 Å². The zero-order valence-corrected chi connectivity index (χ0v) is 13.7. The minimum atomic E-state index is -3.45. The molecule has 1 aliphatic rings. The minimum absolute atomic E-state index is 0.240. The zero-order valence-electron chi connectivity index (χ0n) is 12.8. The summed E-state index contributed by atoms with van der Waals surface area (Å²) in [5.74, 6) is 0.587. The van der Waals surface area contributed by atoms with Crippen molar-refractivity contribution in [2.24, 2.45) is 5.92 Å². The highest BCUT2D eigenvalue weighted by molar-refractivity contribution is 7.89. The predicted octanol–water partition coefficient (Wildman–Crippen LogP) is 0.565. The van der Waals surface area contributed by atoms with Gasteiger partial charge in [-0.2, -0.15) is 0 Å². The van der Waals surface area contributed by atoms with Gasteiger partial charge in [0, 0.05) is 20.1 Å². The maximum atomic E-state index is 11.9. The molecule has 0 radical (unpaired) electrons. The van der Waals surface area contributed by atoms with Gasteiger partial charge in [0.15, 0.2) is 0 Å². The molecule has 1 unspecified atom stereocenters. The Morgan fingerprint density at radius 2 is 2.19 bits per heavy atom. The van der Waals surface area contributed by atoms with Crippen molar-refractivity contribution in [2.75, 3.05) is 51.4 Å². The molecule has 1 aromatic carbocycles. The van der Waals surface area contributed by atoms with Gasteiger partial charge in [-0.15, -0.1) is 0 Å². The van der Waals surface area contributed by atoms with Crippen LogP contribution >= 0.6 is 0 Å². The van der Waals surface area contributed by atoms with Crippen LogP contribution in [0.25, 0.3) is 0 Å². The Balaban J connectivity index is 2.20. The molecule has 1 saturated heterocycles. The molecule has 21 heavy (non-hydrogen) atoms. The molecule has 1 heterocycles. The van der Waals surface area contributed by atoms with Gasteiger partial charge in [-0.05, 0) is 51.2 Å². The van der Waals surface area contributed by atoms with Gasteiger partial charge in [-0.1, -0.05) is 0 Å². The lowest BCUT2D eigenvalue weighted by atomic mass is 10.1. The van der Waals surface area contributed by atoms with Crippen LogP contribution in [0, 0.1) is 5.92 Å². The largest absolute Gasteiger partial charge is 0.397 e. The molecule has 1 aliphatic heterocycles. The summed E-state index contributed by atoms with van der Waals surface area (Å²) in [5, 5.41) is 0. The highest BCUT2D eigenvalue weighted by atomic mass is 32.2. The van der Waals surface area contributed by atoms with Gasteiger partial charge in [0.1, 0.15) is 0 Å². The number of rotatable bonds is 5. The van der Waals surface area contributed by atoms with Gasteiger partial charge >= 0.3 is 0 Å². The van der Waals surface area contributed by atoms with Crippen molar-refractivity contribution >= 4 is 21.4 Å². The highest BCUT2D eigenvalue weighted by Gasteiger charge is 2.22. The van der Waals surface area contributed by atoms with E-state index in [2.05, 4.69) is 16.7 Å². The summed E-state index contributed by atoms with van der Waals surface area (Å²) < 4.78 is 26.1. The van der Waals surface area contributed by atoms with Gasteiger partial charge in [-0.3, -0.25) is 0 Å². The Morgan fingerprint density at radius 3 is 2.76 bits per heavy atom. The molecular formula is C14H24N4O2S. The molecular weight excluding hydrogens is 288 g/mol. The van der Waals surface area contributed by atoms with E-state index in [-0.39, 0.29) is 4.90 Å². The van der Waals surface area contributed by atoms with Crippen LogP contribution in [0.3, 0.4) is 0 Å². The van der Waals surface area contributed by atoms with Crippen LogP contribution in [0.4, 0.5) is 11.4 Å². The number of nitrogens with one attached hydrogen (secondary N) is 1.